The Morgan fingerprint density at radius 2 is 1.78 bits per heavy atom. The van der Waals surface area contributed by atoms with Gasteiger partial charge >= 0.3 is 0 Å². The molecule has 3 fully saturated rings. The molecule has 3 nitrogen and oxygen atoms in total. The van der Waals surface area contributed by atoms with Crippen molar-refractivity contribution < 1.29 is 4.79 Å². The van der Waals surface area contributed by atoms with Crippen LogP contribution in [0.15, 0.2) is 0 Å². The van der Waals surface area contributed by atoms with Gasteiger partial charge in [-0.05, 0) is 51.4 Å². The van der Waals surface area contributed by atoms with Crippen LogP contribution in [0.25, 0.3) is 0 Å². The van der Waals surface area contributed by atoms with Crippen LogP contribution >= 0.6 is 12.4 Å². The van der Waals surface area contributed by atoms with Crippen LogP contribution in [0.1, 0.15) is 51.9 Å². The predicted molar refractivity (Wildman–Crippen MR) is 74.9 cm³/mol. The zero-order valence-electron chi connectivity index (χ0n) is 11.2. The third-order valence-corrected chi connectivity index (χ3v) is 4.68. The molecule has 0 aromatic rings. The average molecular weight is 273 g/mol. The van der Waals surface area contributed by atoms with E-state index in [-0.39, 0.29) is 12.4 Å². The molecule has 3 aliphatic rings. The molecule has 1 aliphatic carbocycles. The molecule has 18 heavy (non-hydrogen) atoms. The first kappa shape index (κ1) is 14.1. The highest BCUT2D eigenvalue weighted by molar-refractivity contribution is 5.85. The fraction of sp³-hybridized carbons (Fsp3) is 0.929. The van der Waals surface area contributed by atoms with E-state index < -0.39 is 0 Å². The Labute approximate surface area is 116 Å². The maximum atomic E-state index is 12.3. The van der Waals surface area contributed by atoms with Gasteiger partial charge in [0.2, 0.25) is 5.91 Å². The van der Waals surface area contributed by atoms with E-state index in [1.165, 1.54) is 38.5 Å². The third-order valence-electron chi connectivity index (χ3n) is 4.68. The second-order valence-corrected chi connectivity index (χ2v) is 6.09. The van der Waals surface area contributed by atoms with Gasteiger partial charge < -0.3 is 10.2 Å². The van der Waals surface area contributed by atoms with Gasteiger partial charge in [-0.25, -0.2) is 0 Å². The Kier molecular flexibility index (Phi) is 4.54. The molecule has 2 saturated heterocycles. The number of nitrogens with zero attached hydrogens (tertiary/aromatic N) is 1. The Hall–Kier alpha value is -0.280. The molecule has 0 radical (unpaired) electrons. The minimum absolute atomic E-state index is 0. The van der Waals surface area contributed by atoms with Crippen LogP contribution in [0, 0.1) is 5.92 Å². The van der Waals surface area contributed by atoms with Crippen LogP contribution < -0.4 is 5.32 Å². The minimum Gasteiger partial charge on any atom is -0.340 e. The van der Waals surface area contributed by atoms with Gasteiger partial charge in [-0.2, -0.15) is 0 Å². The summed E-state index contributed by atoms with van der Waals surface area (Å²) in [6.45, 7) is 3.02. The lowest BCUT2D eigenvalue weighted by atomic mass is 9.89. The fourth-order valence-corrected chi connectivity index (χ4v) is 3.73. The molecular weight excluding hydrogens is 248 g/mol. The SMILES string of the molecule is CCN(C(=O)CC1CC2CCC(C1)N2)C1CC1.Cl. The lowest BCUT2D eigenvalue weighted by molar-refractivity contribution is -0.132. The van der Waals surface area contributed by atoms with Gasteiger partial charge in [-0.1, -0.05) is 0 Å². The summed E-state index contributed by atoms with van der Waals surface area (Å²) in [4.78, 5) is 14.4. The Balaban J connectivity index is 0.00000120. The zero-order chi connectivity index (χ0) is 11.8. The Morgan fingerprint density at radius 3 is 2.28 bits per heavy atom. The maximum absolute atomic E-state index is 12.3. The number of nitrogens with one attached hydrogen (secondary N) is 1. The Morgan fingerprint density at radius 1 is 1.17 bits per heavy atom. The molecule has 104 valence electrons. The van der Waals surface area contributed by atoms with E-state index in [2.05, 4.69) is 17.1 Å². The van der Waals surface area contributed by atoms with Crippen molar-refractivity contribution in [2.24, 2.45) is 5.92 Å². The highest BCUT2D eigenvalue weighted by Crippen LogP contribution is 2.34. The summed E-state index contributed by atoms with van der Waals surface area (Å²) >= 11 is 0. The molecule has 2 heterocycles. The number of hydrogen-bond donors (Lipinski definition) is 1. The lowest BCUT2D eigenvalue weighted by Gasteiger charge is -2.30. The molecule has 0 spiro atoms. The van der Waals surface area contributed by atoms with Crippen LogP contribution in [0.4, 0.5) is 0 Å². The van der Waals surface area contributed by atoms with Gasteiger partial charge in [0, 0.05) is 31.1 Å². The average Bonchev–Trinajstić information content (AvgIpc) is 3.06. The molecule has 4 heteroatoms. The first-order valence-electron chi connectivity index (χ1n) is 7.31. The second-order valence-electron chi connectivity index (χ2n) is 6.09. The lowest BCUT2D eigenvalue weighted by Crippen LogP contribution is -2.41. The summed E-state index contributed by atoms with van der Waals surface area (Å²) < 4.78 is 0. The number of carbonyl (C=O) groups excluding carboxylic acids is 1. The van der Waals surface area contributed by atoms with Crippen molar-refractivity contribution in [3.05, 3.63) is 0 Å². The van der Waals surface area contributed by atoms with Crippen molar-refractivity contribution in [1.29, 1.82) is 0 Å². The Bertz CT molecular complexity index is 294. The smallest absolute Gasteiger partial charge is 0.223 e. The summed E-state index contributed by atoms with van der Waals surface area (Å²) in [5.74, 6) is 1.07. The number of amides is 1. The summed E-state index contributed by atoms with van der Waals surface area (Å²) in [6.07, 6.45) is 8.38. The molecule has 1 amide bonds. The van der Waals surface area contributed by atoms with Crippen molar-refractivity contribution in [3.63, 3.8) is 0 Å². The molecule has 2 bridgehead atoms. The van der Waals surface area contributed by atoms with Crippen molar-refractivity contribution >= 4 is 18.3 Å². The van der Waals surface area contributed by atoms with E-state index >= 15 is 0 Å². The topological polar surface area (TPSA) is 32.3 Å². The molecule has 3 rings (SSSR count). The number of hydrogen-bond acceptors (Lipinski definition) is 2. The minimum atomic E-state index is 0. The van der Waals surface area contributed by atoms with Crippen LogP contribution in [-0.4, -0.2) is 35.5 Å². The van der Waals surface area contributed by atoms with Gasteiger partial charge in [0.1, 0.15) is 0 Å². The third kappa shape index (κ3) is 3.00. The molecule has 0 aromatic carbocycles. The number of carbonyl (C=O) groups is 1. The largest absolute Gasteiger partial charge is 0.340 e. The van der Waals surface area contributed by atoms with Crippen LogP contribution in [-0.2, 0) is 4.79 Å². The monoisotopic (exact) mass is 272 g/mol. The summed E-state index contributed by atoms with van der Waals surface area (Å²) in [5.41, 5.74) is 0. The van der Waals surface area contributed by atoms with Crippen molar-refractivity contribution in [2.45, 2.75) is 70.0 Å². The van der Waals surface area contributed by atoms with Gasteiger partial charge in [-0.15, -0.1) is 12.4 Å². The normalized spacial score (nSPS) is 33.9. The number of halogens is 1. The number of fused-ring (bicyclic) bond motifs is 2. The highest BCUT2D eigenvalue weighted by Gasteiger charge is 2.36. The van der Waals surface area contributed by atoms with Crippen molar-refractivity contribution in [3.8, 4) is 0 Å². The molecule has 2 aliphatic heterocycles. The second kappa shape index (κ2) is 5.79. The first-order valence-corrected chi connectivity index (χ1v) is 7.31. The summed E-state index contributed by atoms with van der Waals surface area (Å²) in [7, 11) is 0. The maximum Gasteiger partial charge on any atom is 0.223 e. The first-order chi connectivity index (χ1) is 8.26. The fourth-order valence-electron chi connectivity index (χ4n) is 3.73. The van der Waals surface area contributed by atoms with E-state index in [1.54, 1.807) is 0 Å². The predicted octanol–water partition coefficient (Wildman–Crippen LogP) is 2.34. The van der Waals surface area contributed by atoms with Crippen LogP contribution in [0.2, 0.25) is 0 Å². The molecule has 1 saturated carbocycles. The molecule has 1 N–H and O–H groups in total. The van der Waals surface area contributed by atoms with Crippen LogP contribution in [0.3, 0.4) is 0 Å². The standard InChI is InChI=1S/C14H24N2O.ClH/c1-2-16(13-5-6-13)14(17)9-10-7-11-3-4-12(8-10)15-11;/h10-13,15H,2-9H2,1H3;1H. The van der Waals surface area contributed by atoms with Crippen molar-refractivity contribution in [2.75, 3.05) is 6.54 Å². The summed E-state index contributed by atoms with van der Waals surface area (Å²) in [6, 6.07) is 2.01. The van der Waals surface area contributed by atoms with Gasteiger partial charge in [0.15, 0.2) is 0 Å². The molecule has 2 atom stereocenters. The number of piperidine rings is 1. The van der Waals surface area contributed by atoms with E-state index in [9.17, 15) is 4.79 Å². The summed E-state index contributed by atoms with van der Waals surface area (Å²) in [5, 5.41) is 3.65. The van der Waals surface area contributed by atoms with E-state index in [1.807, 2.05) is 0 Å². The molecule has 0 aromatic heterocycles. The quantitative estimate of drug-likeness (QED) is 0.852. The van der Waals surface area contributed by atoms with Crippen molar-refractivity contribution in [1.82, 2.24) is 10.2 Å². The van der Waals surface area contributed by atoms with E-state index in [0.29, 0.717) is 30.0 Å². The van der Waals surface area contributed by atoms with Gasteiger partial charge in [-0.3, -0.25) is 4.79 Å². The van der Waals surface area contributed by atoms with E-state index in [0.717, 1.165) is 13.0 Å². The van der Waals surface area contributed by atoms with Gasteiger partial charge in [0.25, 0.3) is 0 Å². The van der Waals surface area contributed by atoms with Crippen LogP contribution in [0.5, 0.6) is 0 Å². The molecule has 2 unspecified atom stereocenters. The zero-order valence-corrected chi connectivity index (χ0v) is 12.0. The highest BCUT2D eigenvalue weighted by atomic mass is 35.5. The molecular formula is C14H25ClN2O. The van der Waals surface area contributed by atoms with E-state index in [4.69, 9.17) is 0 Å². The number of rotatable bonds is 4. The van der Waals surface area contributed by atoms with Gasteiger partial charge in [0.05, 0.1) is 0 Å².